The molecule has 1 amide bonds. The maximum atomic E-state index is 10.6. The topological polar surface area (TPSA) is 73.0 Å². The Morgan fingerprint density at radius 3 is 3.13 bits per heavy atom. The van der Waals surface area contributed by atoms with Gasteiger partial charge in [-0.15, -0.1) is 0 Å². The molecular formula is C10H12N3OS+. The molecule has 15 heavy (non-hydrogen) atoms. The summed E-state index contributed by atoms with van der Waals surface area (Å²) in [6.07, 6.45) is 0. The van der Waals surface area contributed by atoms with Gasteiger partial charge >= 0.3 is 5.16 Å². The maximum Gasteiger partial charge on any atom is 0.315 e. The lowest BCUT2D eigenvalue weighted by Gasteiger charge is -1.85. The van der Waals surface area contributed by atoms with E-state index in [-0.39, 0.29) is 11.7 Å². The second-order valence-corrected chi connectivity index (χ2v) is 4.37. The van der Waals surface area contributed by atoms with Crippen molar-refractivity contribution in [2.45, 2.75) is 12.1 Å². The minimum Gasteiger partial charge on any atom is -0.369 e. The van der Waals surface area contributed by atoms with E-state index >= 15 is 0 Å². The lowest BCUT2D eigenvalue weighted by Crippen LogP contribution is -2.14. The molecule has 0 bridgehead atoms. The zero-order chi connectivity index (χ0) is 10.8. The van der Waals surface area contributed by atoms with Crippen LogP contribution in [0.25, 0.3) is 11.0 Å². The van der Waals surface area contributed by atoms with Crippen LogP contribution >= 0.6 is 11.8 Å². The first kappa shape index (κ1) is 10.0. The van der Waals surface area contributed by atoms with Gasteiger partial charge in [0.1, 0.15) is 0 Å². The maximum absolute atomic E-state index is 10.6. The fourth-order valence-electron chi connectivity index (χ4n) is 1.36. The van der Waals surface area contributed by atoms with E-state index in [0.717, 1.165) is 16.2 Å². The largest absolute Gasteiger partial charge is 0.369 e. The van der Waals surface area contributed by atoms with Crippen LogP contribution in [0.1, 0.15) is 5.56 Å². The highest BCUT2D eigenvalue weighted by molar-refractivity contribution is 7.99. The number of carbonyl (C=O) groups is 1. The number of carbonyl (C=O) groups excluding carboxylic acids is 1. The van der Waals surface area contributed by atoms with Crippen molar-refractivity contribution in [3.05, 3.63) is 23.8 Å². The Hall–Kier alpha value is -1.49. The van der Waals surface area contributed by atoms with Crippen molar-refractivity contribution in [2.75, 3.05) is 5.75 Å². The monoisotopic (exact) mass is 222 g/mol. The molecule has 0 spiro atoms. The van der Waals surface area contributed by atoms with Gasteiger partial charge in [-0.05, 0) is 36.4 Å². The van der Waals surface area contributed by atoms with Crippen LogP contribution in [0.3, 0.4) is 0 Å². The van der Waals surface area contributed by atoms with Gasteiger partial charge in [-0.1, -0.05) is 6.07 Å². The summed E-state index contributed by atoms with van der Waals surface area (Å²) in [5, 5.41) is 0.856. The summed E-state index contributed by atoms with van der Waals surface area (Å²) in [5.74, 6) is -0.0364. The molecule has 0 aliphatic rings. The Labute approximate surface area is 91.3 Å². The van der Waals surface area contributed by atoms with Crippen LogP contribution in [0.5, 0.6) is 0 Å². The number of primary amides is 1. The van der Waals surface area contributed by atoms with Crippen molar-refractivity contribution in [1.82, 2.24) is 4.98 Å². The van der Waals surface area contributed by atoms with E-state index in [0.29, 0.717) is 0 Å². The first-order valence-corrected chi connectivity index (χ1v) is 5.56. The molecule has 2 rings (SSSR count). The number of fused-ring (bicyclic) bond motifs is 1. The number of amides is 1. The van der Waals surface area contributed by atoms with Gasteiger partial charge in [-0.2, -0.15) is 0 Å². The van der Waals surface area contributed by atoms with Gasteiger partial charge < -0.3 is 5.73 Å². The van der Waals surface area contributed by atoms with E-state index in [9.17, 15) is 4.79 Å². The molecule has 5 heteroatoms. The third-order valence-electron chi connectivity index (χ3n) is 2.03. The number of benzene rings is 1. The predicted octanol–water partition coefficient (Wildman–Crippen LogP) is 0.868. The quantitative estimate of drug-likeness (QED) is 0.756. The fraction of sp³-hybridized carbons (Fsp3) is 0.200. The zero-order valence-electron chi connectivity index (χ0n) is 8.33. The molecule has 0 atom stereocenters. The van der Waals surface area contributed by atoms with Crippen LogP contribution in [0.2, 0.25) is 0 Å². The third kappa shape index (κ3) is 2.30. The summed E-state index contributed by atoms with van der Waals surface area (Å²) in [6, 6.07) is 6.10. The van der Waals surface area contributed by atoms with Crippen molar-refractivity contribution < 1.29 is 9.78 Å². The molecule has 1 aromatic heterocycles. The van der Waals surface area contributed by atoms with Crippen LogP contribution in [-0.2, 0) is 4.79 Å². The fourth-order valence-corrected chi connectivity index (χ4v) is 2.01. The number of imidazole rings is 1. The van der Waals surface area contributed by atoms with E-state index in [1.807, 2.05) is 19.1 Å². The minimum atomic E-state index is -0.316. The second kappa shape index (κ2) is 3.94. The number of nitrogens with one attached hydrogen (secondary N) is 2. The number of aromatic nitrogens is 2. The summed E-state index contributed by atoms with van der Waals surface area (Å²) in [4.78, 5) is 17.0. The molecule has 1 aromatic carbocycles. The van der Waals surface area contributed by atoms with Gasteiger partial charge in [0.2, 0.25) is 5.91 Å². The lowest BCUT2D eigenvalue weighted by atomic mass is 10.2. The number of rotatable bonds is 3. The Bertz CT molecular complexity index is 506. The Morgan fingerprint density at radius 2 is 2.40 bits per heavy atom. The van der Waals surface area contributed by atoms with Crippen LogP contribution in [0.4, 0.5) is 0 Å². The molecule has 0 saturated heterocycles. The summed E-state index contributed by atoms with van der Waals surface area (Å²) in [6.45, 7) is 2.04. The molecule has 4 nitrogen and oxygen atoms in total. The standard InChI is InChI=1S/C10H11N3OS/c1-6-2-3-7-8(4-6)13-10(12-7)15-5-9(11)14/h2-4H,5H2,1H3,(H2,11,14)(H,12,13)/p+1. The Kier molecular flexibility index (Phi) is 2.64. The normalized spacial score (nSPS) is 10.7. The number of aryl methyl sites for hydroxylation is 1. The summed E-state index contributed by atoms with van der Waals surface area (Å²) < 4.78 is 0. The van der Waals surface area contributed by atoms with E-state index in [1.165, 1.54) is 17.3 Å². The van der Waals surface area contributed by atoms with Crippen LogP contribution in [0.15, 0.2) is 23.4 Å². The Morgan fingerprint density at radius 1 is 1.60 bits per heavy atom. The number of H-pyrrole nitrogens is 2. The molecule has 0 fully saturated rings. The van der Waals surface area contributed by atoms with Gasteiger partial charge in [-0.25, -0.2) is 9.97 Å². The van der Waals surface area contributed by atoms with Gasteiger partial charge in [0.25, 0.3) is 0 Å². The highest BCUT2D eigenvalue weighted by atomic mass is 32.2. The van der Waals surface area contributed by atoms with Crippen molar-refractivity contribution in [3.63, 3.8) is 0 Å². The number of nitrogens with two attached hydrogens (primary N) is 1. The molecule has 4 N–H and O–H groups in total. The summed E-state index contributed by atoms with van der Waals surface area (Å²) >= 11 is 1.37. The highest BCUT2D eigenvalue weighted by Crippen LogP contribution is 2.15. The third-order valence-corrected chi connectivity index (χ3v) is 2.95. The molecule has 78 valence electrons. The highest BCUT2D eigenvalue weighted by Gasteiger charge is 2.11. The zero-order valence-corrected chi connectivity index (χ0v) is 9.15. The average Bonchev–Trinajstić information content (AvgIpc) is 2.56. The van der Waals surface area contributed by atoms with Gasteiger partial charge in [0, 0.05) is 0 Å². The molecule has 0 unspecified atom stereocenters. The molecule has 0 aliphatic carbocycles. The minimum absolute atomic E-state index is 0.280. The molecule has 2 aromatic rings. The summed E-state index contributed by atoms with van der Waals surface area (Å²) in [5.41, 5.74) is 8.35. The van der Waals surface area contributed by atoms with Crippen molar-refractivity contribution in [3.8, 4) is 0 Å². The number of hydrogen-bond acceptors (Lipinski definition) is 2. The van der Waals surface area contributed by atoms with E-state index in [1.54, 1.807) is 0 Å². The van der Waals surface area contributed by atoms with Crippen molar-refractivity contribution in [1.29, 1.82) is 0 Å². The van der Waals surface area contributed by atoms with Gasteiger partial charge in [-0.3, -0.25) is 4.79 Å². The van der Waals surface area contributed by atoms with Crippen molar-refractivity contribution >= 4 is 28.7 Å². The predicted molar refractivity (Wildman–Crippen MR) is 59.5 cm³/mol. The first-order valence-electron chi connectivity index (χ1n) is 4.58. The van der Waals surface area contributed by atoms with E-state index in [4.69, 9.17) is 5.73 Å². The second-order valence-electron chi connectivity index (χ2n) is 3.38. The van der Waals surface area contributed by atoms with Gasteiger partial charge in [0.15, 0.2) is 11.0 Å². The van der Waals surface area contributed by atoms with Crippen LogP contribution < -0.4 is 10.7 Å². The number of aromatic amines is 2. The molecular weight excluding hydrogens is 210 g/mol. The van der Waals surface area contributed by atoms with Crippen molar-refractivity contribution in [2.24, 2.45) is 5.73 Å². The van der Waals surface area contributed by atoms with E-state index < -0.39 is 0 Å². The average molecular weight is 222 g/mol. The van der Waals surface area contributed by atoms with Crippen LogP contribution in [0, 0.1) is 6.92 Å². The Balaban J connectivity index is 2.27. The van der Waals surface area contributed by atoms with E-state index in [2.05, 4.69) is 16.0 Å². The SMILES string of the molecule is Cc1ccc2[nH+]c(SCC(N)=O)[nH]c2c1. The molecule has 0 radical (unpaired) electrons. The molecule has 0 aliphatic heterocycles. The first-order chi connectivity index (χ1) is 7.15. The molecule has 1 heterocycles. The molecule has 0 saturated carbocycles. The number of hydrogen-bond donors (Lipinski definition) is 2. The number of thioether (sulfide) groups is 1. The van der Waals surface area contributed by atoms with Gasteiger partial charge in [0.05, 0.1) is 5.75 Å². The summed E-state index contributed by atoms with van der Waals surface area (Å²) in [7, 11) is 0. The van der Waals surface area contributed by atoms with Crippen LogP contribution in [-0.4, -0.2) is 16.6 Å². The lowest BCUT2D eigenvalue weighted by molar-refractivity contribution is -0.396. The smallest absolute Gasteiger partial charge is 0.315 e.